The summed E-state index contributed by atoms with van der Waals surface area (Å²) in [6.07, 6.45) is 0. The topological polar surface area (TPSA) is 47.3 Å². The Labute approximate surface area is 68.6 Å². The van der Waals surface area contributed by atoms with Crippen LogP contribution in [0.25, 0.3) is 0 Å². The Morgan fingerprint density at radius 1 is 1.64 bits per heavy atom. The lowest BCUT2D eigenvalue weighted by Crippen LogP contribution is -2.24. The molecule has 0 unspecified atom stereocenters. The molecule has 3 nitrogen and oxygen atoms in total. The van der Waals surface area contributed by atoms with Gasteiger partial charge >= 0.3 is 0 Å². The molecule has 0 aromatic carbocycles. The molecule has 11 heavy (non-hydrogen) atoms. The molecule has 0 radical (unpaired) electrons. The van der Waals surface area contributed by atoms with Crippen LogP contribution in [-0.4, -0.2) is 25.8 Å². The van der Waals surface area contributed by atoms with Gasteiger partial charge in [0.1, 0.15) is 0 Å². The Balaban J connectivity index is 3.23. The van der Waals surface area contributed by atoms with Crippen molar-refractivity contribution in [3.63, 3.8) is 0 Å². The molecule has 0 saturated carbocycles. The normalized spacial score (nSPS) is 10.2. The van der Waals surface area contributed by atoms with E-state index in [-0.39, 0.29) is 0 Å². The summed E-state index contributed by atoms with van der Waals surface area (Å²) in [4.78, 5) is 0. The maximum Gasteiger partial charge on any atom is 0.0857 e. The van der Waals surface area contributed by atoms with Gasteiger partial charge in [0.2, 0.25) is 0 Å². The molecule has 0 fully saturated rings. The minimum Gasteiger partial charge on any atom is -0.385 e. The molecule has 66 valence electrons. The average molecular weight is 158 g/mol. The van der Waals surface area contributed by atoms with E-state index in [0.29, 0.717) is 25.8 Å². The molecule has 0 aromatic rings. The molecule has 3 heteroatoms. The van der Waals surface area contributed by atoms with Crippen LogP contribution in [0.5, 0.6) is 0 Å². The molecular weight excluding hydrogens is 140 g/mol. The Kier molecular flexibility index (Phi) is 5.88. The van der Waals surface area contributed by atoms with Gasteiger partial charge < -0.3 is 15.8 Å². The second kappa shape index (κ2) is 6.19. The van der Waals surface area contributed by atoms with E-state index in [9.17, 15) is 0 Å². The molecule has 0 spiro atoms. The first-order chi connectivity index (χ1) is 5.16. The zero-order chi connectivity index (χ0) is 8.69. The van der Waals surface area contributed by atoms with Gasteiger partial charge in [-0.25, -0.2) is 0 Å². The van der Waals surface area contributed by atoms with Crippen molar-refractivity contribution >= 4 is 0 Å². The number of nitrogens with one attached hydrogen (secondary N) is 1. The first-order valence-electron chi connectivity index (χ1n) is 3.89. The lowest BCUT2D eigenvalue weighted by molar-refractivity contribution is 0.159. The quantitative estimate of drug-likeness (QED) is 0.552. The van der Waals surface area contributed by atoms with Crippen molar-refractivity contribution in [3.8, 4) is 0 Å². The fourth-order valence-electron chi connectivity index (χ4n) is 0.729. The molecule has 3 N–H and O–H groups in total. The summed E-state index contributed by atoms with van der Waals surface area (Å²) in [5.41, 5.74) is 6.15. The van der Waals surface area contributed by atoms with Gasteiger partial charge in [-0.15, -0.1) is 0 Å². The second-order valence-electron chi connectivity index (χ2n) is 2.74. The minimum atomic E-state index is 0.420. The molecule has 0 aliphatic carbocycles. The van der Waals surface area contributed by atoms with Crippen LogP contribution in [0.3, 0.4) is 0 Å². The molecule has 0 bridgehead atoms. The fourth-order valence-corrected chi connectivity index (χ4v) is 0.729. The molecule has 0 aliphatic rings. The van der Waals surface area contributed by atoms with Gasteiger partial charge in [0.05, 0.1) is 13.2 Å². The van der Waals surface area contributed by atoms with Crippen LogP contribution >= 0.6 is 0 Å². The number of hydrogen-bond donors (Lipinski definition) is 2. The molecular formula is C8H18N2O. The third-order valence-electron chi connectivity index (χ3n) is 1.03. The lowest BCUT2D eigenvalue weighted by Gasteiger charge is -2.12. The zero-order valence-electron chi connectivity index (χ0n) is 7.39. The van der Waals surface area contributed by atoms with E-state index < -0.39 is 0 Å². The van der Waals surface area contributed by atoms with Gasteiger partial charge in [-0.3, -0.25) is 0 Å². The number of hydrogen-bond acceptors (Lipinski definition) is 3. The number of rotatable bonds is 6. The van der Waals surface area contributed by atoms with E-state index in [1.807, 2.05) is 0 Å². The lowest BCUT2D eigenvalue weighted by atomic mass is 10.3. The van der Waals surface area contributed by atoms with E-state index in [1.165, 1.54) is 0 Å². The third-order valence-corrected chi connectivity index (χ3v) is 1.03. The van der Waals surface area contributed by atoms with Crippen molar-refractivity contribution < 1.29 is 4.74 Å². The Morgan fingerprint density at radius 2 is 2.27 bits per heavy atom. The van der Waals surface area contributed by atoms with Crippen LogP contribution in [0, 0.1) is 0 Å². The summed E-state index contributed by atoms with van der Waals surface area (Å²) in [7, 11) is 0. The highest BCUT2D eigenvalue weighted by Gasteiger charge is 1.95. The highest BCUT2D eigenvalue weighted by molar-refractivity contribution is 4.92. The van der Waals surface area contributed by atoms with Crippen LogP contribution in [0.4, 0.5) is 0 Å². The van der Waals surface area contributed by atoms with Crippen LogP contribution in [0.2, 0.25) is 0 Å². The van der Waals surface area contributed by atoms with E-state index in [0.717, 1.165) is 5.70 Å². The van der Waals surface area contributed by atoms with Crippen molar-refractivity contribution in [2.45, 2.75) is 19.9 Å². The van der Waals surface area contributed by atoms with E-state index in [2.05, 4.69) is 25.7 Å². The van der Waals surface area contributed by atoms with E-state index in [1.54, 1.807) is 0 Å². The van der Waals surface area contributed by atoms with Crippen LogP contribution in [0.15, 0.2) is 12.3 Å². The third kappa shape index (κ3) is 7.36. The first-order valence-corrected chi connectivity index (χ1v) is 3.89. The summed E-state index contributed by atoms with van der Waals surface area (Å²) in [5.74, 6) is 0. The average Bonchev–Trinajstić information content (AvgIpc) is 1.86. The number of ether oxygens (including phenoxy) is 1. The molecule has 0 saturated heterocycles. The summed E-state index contributed by atoms with van der Waals surface area (Å²) < 4.78 is 5.16. The first kappa shape index (κ1) is 10.5. The predicted molar refractivity (Wildman–Crippen MR) is 47.3 cm³/mol. The van der Waals surface area contributed by atoms with Crippen molar-refractivity contribution in [2.75, 3.05) is 19.8 Å². The highest BCUT2D eigenvalue weighted by Crippen LogP contribution is 1.88. The molecule has 0 atom stereocenters. The van der Waals surface area contributed by atoms with Crippen molar-refractivity contribution in [3.05, 3.63) is 12.3 Å². The monoisotopic (exact) mass is 158 g/mol. The SMILES string of the molecule is C=C(COCCN)NC(C)C. The van der Waals surface area contributed by atoms with Gasteiger partial charge in [-0.2, -0.15) is 0 Å². The zero-order valence-corrected chi connectivity index (χ0v) is 7.39. The molecule has 0 heterocycles. The summed E-state index contributed by atoms with van der Waals surface area (Å²) in [6, 6.07) is 0.420. The van der Waals surface area contributed by atoms with Crippen LogP contribution in [-0.2, 0) is 4.74 Å². The van der Waals surface area contributed by atoms with Crippen LogP contribution in [0.1, 0.15) is 13.8 Å². The van der Waals surface area contributed by atoms with Gasteiger partial charge in [-0.05, 0) is 13.8 Å². The molecule has 0 aromatic heterocycles. The van der Waals surface area contributed by atoms with Crippen molar-refractivity contribution in [1.29, 1.82) is 0 Å². The molecule has 0 amide bonds. The maximum absolute atomic E-state index is 5.24. The van der Waals surface area contributed by atoms with Gasteiger partial charge in [0, 0.05) is 18.3 Å². The standard InChI is InChI=1S/C8H18N2O/c1-7(2)10-8(3)6-11-5-4-9/h7,10H,3-6,9H2,1-2H3. The minimum absolute atomic E-state index is 0.420. The largest absolute Gasteiger partial charge is 0.385 e. The summed E-state index contributed by atoms with van der Waals surface area (Å²) in [5, 5.41) is 3.14. The Hall–Kier alpha value is -0.540. The van der Waals surface area contributed by atoms with Gasteiger partial charge in [0.15, 0.2) is 0 Å². The molecule has 0 rings (SSSR count). The van der Waals surface area contributed by atoms with Gasteiger partial charge in [0.25, 0.3) is 0 Å². The number of nitrogens with two attached hydrogens (primary N) is 1. The smallest absolute Gasteiger partial charge is 0.0857 e. The second-order valence-corrected chi connectivity index (χ2v) is 2.74. The maximum atomic E-state index is 5.24. The predicted octanol–water partition coefficient (Wildman–Crippen LogP) is 0.473. The highest BCUT2D eigenvalue weighted by atomic mass is 16.5. The fraction of sp³-hybridized carbons (Fsp3) is 0.750. The summed E-state index contributed by atoms with van der Waals surface area (Å²) in [6.45, 7) is 9.63. The van der Waals surface area contributed by atoms with Gasteiger partial charge in [-0.1, -0.05) is 6.58 Å². The van der Waals surface area contributed by atoms with Crippen LogP contribution < -0.4 is 11.1 Å². The molecule has 0 aliphatic heterocycles. The van der Waals surface area contributed by atoms with E-state index >= 15 is 0 Å². The Bertz CT molecular complexity index is 113. The van der Waals surface area contributed by atoms with E-state index in [4.69, 9.17) is 10.5 Å². The Morgan fingerprint density at radius 3 is 2.73 bits per heavy atom. The van der Waals surface area contributed by atoms with Crippen molar-refractivity contribution in [1.82, 2.24) is 5.32 Å². The summed E-state index contributed by atoms with van der Waals surface area (Å²) >= 11 is 0. The van der Waals surface area contributed by atoms with Crippen molar-refractivity contribution in [2.24, 2.45) is 5.73 Å².